The van der Waals surface area contributed by atoms with E-state index in [9.17, 15) is 4.79 Å². The molecule has 6 nitrogen and oxygen atoms in total. The second-order valence-corrected chi connectivity index (χ2v) is 6.83. The molecule has 28 heavy (non-hydrogen) atoms. The van der Waals surface area contributed by atoms with E-state index >= 15 is 0 Å². The average molecular weight is 390 g/mol. The molecule has 0 radical (unpaired) electrons. The number of aryl methyl sites for hydroxylation is 1. The molecule has 0 spiro atoms. The molecule has 1 aliphatic carbocycles. The lowest BCUT2D eigenvalue weighted by Crippen LogP contribution is -2.35. The molecule has 140 valence electrons. The highest BCUT2D eigenvalue weighted by Crippen LogP contribution is 2.44. The summed E-state index contributed by atoms with van der Waals surface area (Å²) in [5, 5.41) is 5.36. The van der Waals surface area contributed by atoms with Crippen LogP contribution < -0.4 is 10.6 Å². The molecule has 0 unspecified atom stereocenters. The Bertz CT molecular complexity index is 1010. The maximum atomic E-state index is 12.2. The van der Waals surface area contributed by atoms with E-state index in [4.69, 9.17) is 17.0 Å². The van der Waals surface area contributed by atoms with Crippen LogP contribution in [-0.4, -0.2) is 27.8 Å². The molecule has 7 heteroatoms. The van der Waals surface area contributed by atoms with E-state index in [2.05, 4.69) is 44.9 Å². The molecule has 0 saturated heterocycles. The van der Waals surface area contributed by atoms with Gasteiger partial charge in [0.25, 0.3) is 0 Å². The minimum absolute atomic E-state index is 0.000197. The van der Waals surface area contributed by atoms with E-state index in [1.165, 1.54) is 11.1 Å². The Hall–Kier alpha value is -3.32. The molecule has 2 aromatic carbocycles. The van der Waals surface area contributed by atoms with Crippen LogP contribution in [0.5, 0.6) is 0 Å². The van der Waals surface area contributed by atoms with Gasteiger partial charge in [-0.05, 0) is 47.5 Å². The van der Waals surface area contributed by atoms with Crippen molar-refractivity contribution in [1.29, 1.82) is 0 Å². The van der Waals surface area contributed by atoms with Gasteiger partial charge >= 0.3 is 6.09 Å². The first-order valence-electron chi connectivity index (χ1n) is 8.84. The molecule has 4 rings (SSSR count). The lowest BCUT2D eigenvalue weighted by atomic mass is 9.98. The van der Waals surface area contributed by atoms with Crippen molar-refractivity contribution < 1.29 is 9.53 Å². The third kappa shape index (κ3) is 3.70. The SMILES string of the molecule is Cc1ccnc(NC(=S)NC(=O)OCC2c3ccccc3-c3ccccc32)n1. The Morgan fingerprint density at radius 3 is 2.36 bits per heavy atom. The number of amides is 1. The number of carbonyl (C=O) groups excluding carboxylic acids is 1. The average Bonchev–Trinajstić information content (AvgIpc) is 3.00. The van der Waals surface area contributed by atoms with Gasteiger partial charge in [0.15, 0.2) is 5.11 Å². The van der Waals surface area contributed by atoms with Gasteiger partial charge in [-0.25, -0.2) is 14.8 Å². The third-order valence-electron chi connectivity index (χ3n) is 4.58. The highest BCUT2D eigenvalue weighted by atomic mass is 32.1. The van der Waals surface area contributed by atoms with Gasteiger partial charge in [0.05, 0.1) is 0 Å². The molecule has 0 saturated carbocycles. The van der Waals surface area contributed by atoms with Crippen LogP contribution in [0.15, 0.2) is 60.8 Å². The van der Waals surface area contributed by atoms with Crippen molar-refractivity contribution in [2.75, 3.05) is 11.9 Å². The van der Waals surface area contributed by atoms with E-state index in [-0.39, 0.29) is 17.6 Å². The number of carbonyl (C=O) groups is 1. The molecule has 1 aliphatic rings. The molecule has 1 aromatic heterocycles. The number of nitrogens with zero attached hydrogens (tertiary/aromatic N) is 2. The van der Waals surface area contributed by atoms with E-state index < -0.39 is 6.09 Å². The molecule has 1 amide bonds. The molecule has 0 bridgehead atoms. The number of benzene rings is 2. The monoisotopic (exact) mass is 390 g/mol. The van der Waals surface area contributed by atoms with Crippen LogP contribution in [0, 0.1) is 6.92 Å². The predicted octanol–water partition coefficient (Wildman–Crippen LogP) is 4.02. The minimum Gasteiger partial charge on any atom is -0.448 e. The number of ether oxygens (including phenoxy) is 1. The number of anilines is 1. The number of hydrogen-bond donors (Lipinski definition) is 2. The van der Waals surface area contributed by atoms with Crippen molar-refractivity contribution >= 4 is 29.4 Å². The number of thiocarbonyl (C=S) groups is 1. The van der Waals surface area contributed by atoms with Gasteiger partial charge in [-0.3, -0.25) is 5.32 Å². The lowest BCUT2D eigenvalue weighted by Gasteiger charge is -2.15. The van der Waals surface area contributed by atoms with Gasteiger partial charge in [0.1, 0.15) is 6.61 Å². The Morgan fingerprint density at radius 1 is 1.07 bits per heavy atom. The largest absolute Gasteiger partial charge is 0.448 e. The predicted molar refractivity (Wildman–Crippen MR) is 111 cm³/mol. The number of alkyl carbamates (subject to hydrolysis) is 1. The molecule has 0 fully saturated rings. The van der Waals surface area contributed by atoms with Crippen LogP contribution in [0.4, 0.5) is 10.7 Å². The fraction of sp³-hybridized carbons (Fsp3) is 0.143. The summed E-state index contributed by atoms with van der Waals surface area (Å²) in [7, 11) is 0. The summed E-state index contributed by atoms with van der Waals surface area (Å²) in [6, 6.07) is 18.1. The maximum absolute atomic E-state index is 12.2. The number of rotatable bonds is 3. The van der Waals surface area contributed by atoms with E-state index in [0.717, 1.165) is 16.8 Å². The standard InChI is InChI=1S/C21H18N4O2S/c1-13-10-11-22-19(23-13)24-20(28)25-21(26)27-12-18-16-8-4-2-6-14(16)15-7-3-5-9-17(15)18/h2-11,18H,12H2,1H3,(H2,22,23,24,25,26,28). The van der Waals surface area contributed by atoms with E-state index in [0.29, 0.717) is 5.95 Å². The van der Waals surface area contributed by atoms with Crippen molar-refractivity contribution in [2.45, 2.75) is 12.8 Å². The van der Waals surface area contributed by atoms with Crippen LogP contribution >= 0.6 is 12.2 Å². The van der Waals surface area contributed by atoms with Gasteiger partial charge in [0, 0.05) is 17.8 Å². The third-order valence-corrected chi connectivity index (χ3v) is 4.78. The van der Waals surface area contributed by atoms with Crippen molar-refractivity contribution in [2.24, 2.45) is 0 Å². The molecule has 2 N–H and O–H groups in total. The Morgan fingerprint density at radius 2 is 1.71 bits per heavy atom. The normalized spacial score (nSPS) is 12.0. The summed E-state index contributed by atoms with van der Waals surface area (Å²) in [5.74, 6) is 0.323. The molecular formula is C21H18N4O2S. The van der Waals surface area contributed by atoms with Crippen LogP contribution in [0.25, 0.3) is 11.1 Å². The van der Waals surface area contributed by atoms with Crippen molar-refractivity contribution in [1.82, 2.24) is 15.3 Å². The van der Waals surface area contributed by atoms with Crippen molar-refractivity contribution in [3.63, 3.8) is 0 Å². The fourth-order valence-corrected chi connectivity index (χ4v) is 3.54. The van der Waals surface area contributed by atoms with E-state index in [1.54, 1.807) is 12.3 Å². The number of aromatic nitrogens is 2. The van der Waals surface area contributed by atoms with E-state index in [1.807, 2.05) is 31.2 Å². The maximum Gasteiger partial charge on any atom is 0.413 e. The highest BCUT2D eigenvalue weighted by Gasteiger charge is 2.29. The summed E-state index contributed by atoms with van der Waals surface area (Å²) >= 11 is 5.13. The highest BCUT2D eigenvalue weighted by molar-refractivity contribution is 7.80. The topological polar surface area (TPSA) is 76.1 Å². The number of fused-ring (bicyclic) bond motifs is 3. The molecule has 0 aliphatic heterocycles. The van der Waals surface area contributed by atoms with Gasteiger partial charge in [-0.15, -0.1) is 0 Å². The van der Waals surface area contributed by atoms with Gasteiger partial charge < -0.3 is 10.1 Å². The van der Waals surface area contributed by atoms with Crippen LogP contribution in [0.1, 0.15) is 22.7 Å². The second kappa shape index (κ2) is 7.74. The van der Waals surface area contributed by atoms with Gasteiger partial charge in [0.2, 0.25) is 5.95 Å². The van der Waals surface area contributed by atoms with Gasteiger partial charge in [-0.1, -0.05) is 48.5 Å². The first-order chi connectivity index (χ1) is 13.6. The smallest absolute Gasteiger partial charge is 0.413 e. The minimum atomic E-state index is -0.619. The number of nitrogens with one attached hydrogen (secondary N) is 2. The summed E-state index contributed by atoms with van der Waals surface area (Å²) in [4.78, 5) is 20.4. The Balaban J connectivity index is 1.39. The van der Waals surface area contributed by atoms with Crippen LogP contribution in [-0.2, 0) is 4.74 Å². The van der Waals surface area contributed by atoms with Crippen molar-refractivity contribution in [3.8, 4) is 11.1 Å². The van der Waals surface area contributed by atoms with Crippen LogP contribution in [0.3, 0.4) is 0 Å². The zero-order valence-corrected chi connectivity index (χ0v) is 16.0. The molecular weight excluding hydrogens is 372 g/mol. The summed E-state index contributed by atoms with van der Waals surface area (Å²) < 4.78 is 5.45. The van der Waals surface area contributed by atoms with Crippen molar-refractivity contribution in [3.05, 3.63) is 77.6 Å². The molecule has 0 atom stereocenters. The summed E-state index contributed by atoms with van der Waals surface area (Å²) in [5.41, 5.74) is 5.47. The van der Waals surface area contributed by atoms with Gasteiger partial charge in [-0.2, -0.15) is 0 Å². The zero-order valence-electron chi connectivity index (χ0n) is 15.2. The summed E-state index contributed by atoms with van der Waals surface area (Å²) in [6.45, 7) is 2.07. The first kappa shape index (κ1) is 18.1. The zero-order chi connectivity index (χ0) is 19.5. The fourth-order valence-electron chi connectivity index (χ4n) is 3.37. The second-order valence-electron chi connectivity index (χ2n) is 6.43. The Kier molecular flexibility index (Phi) is 4.99. The summed E-state index contributed by atoms with van der Waals surface area (Å²) in [6.07, 6.45) is 0.993. The molecule has 3 aromatic rings. The van der Waals surface area contributed by atoms with Crippen LogP contribution in [0.2, 0.25) is 0 Å². The first-order valence-corrected chi connectivity index (χ1v) is 9.25. The molecule has 1 heterocycles. The Labute approximate surface area is 168 Å². The lowest BCUT2D eigenvalue weighted by molar-refractivity contribution is 0.148. The number of hydrogen-bond acceptors (Lipinski definition) is 5. The quantitative estimate of drug-likeness (QED) is 0.658.